The molecule has 0 radical (unpaired) electrons. The summed E-state index contributed by atoms with van der Waals surface area (Å²) in [5, 5.41) is 6.69. The molecule has 0 bridgehead atoms. The van der Waals surface area contributed by atoms with Crippen LogP contribution in [-0.4, -0.2) is 16.0 Å². The summed E-state index contributed by atoms with van der Waals surface area (Å²) in [4.78, 5) is 15.4. The van der Waals surface area contributed by atoms with Crippen molar-refractivity contribution in [1.29, 1.82) is 0 Å². The number of anilines is 1. The van der Waals surface area contributed by atoms with E-state index in [1.165, 1.54) is 6.92 Å². The Kier molecular flexibility index (Phi) is 3.47. The second kappa shape index (κ2) is 5.58. The van der Waals surface area contributed by atoms with E-state index in [2.05, 4.69) is 15.5 Å². The van der Waals surface area contributed by atoms with Gasteiger partial charge in [0.2, 0.25) is 11.7 Å². The quantitative estimate of drug-likeness (QED) is 0.798. The molecule has 21 heavy (non-hydrogen) atoms. The number of nitrogens with zero attached hydrogens (tertiary/aromatic N) is 2. The molecule has 0 saturated heterocycles. The highest BCUT2D eigenvalue weighted by molar-refractivity contribution is 5.88. The number of carbonyl (C=O) groups is 1. The van der Waals surface area contributed by atoms with Crippen molar-refractivity contribution < 1.29 is 9.32 Å². The molecule has 0 unspecified atom stereocenters. The summed E-state index contributed by atoms with van der Waals surface area (Å²) in [6, 6.07) is 16.9. The summed E-state index contributed by atoms with van der Waals surface area (Å²) in [7, 11) is 0. The van der Waals surface area contributed by atoms with Crippen molar-refractivity contribution in [2.75, 3.05) is 5.32 Å². The van der Waals surface area contributed by atoms with Crippen LogP contribution in [-0.2, 0) is 4.79 Å². The van der Waals surface area contributed by atoms with Crippen LogP contribution in [0.4, 0.5) is 5.69 Å². The number of hydrogen-bond donors (Lipinski definition) is 1. The molecule has 0 spiro atoms. The van der Waals surface area contributed by atoms with Gasteiger partial charge < -0.3 is 9.84 Å². The molecule has 3 rings (SSSR count). The molecule has 5 heteroatoms. The minimum Gasteiger partial charge on any atom is -0.334 e. The van der Waals surface area contributed by atoms with Crippen molar-refractivity contribution in [3.8, 4) is 22.8 Å². The third-order valence-corrected chi connectivity index (χ3v) is 2.91. The van der Waals surface area contributed by atoms with Gasteiger partial charge in [-0.3, -0.25) is 4.79 Å². The van der Waals surface area contributed by atoms with E-state index in [9.17, 15) is 4.79 Å². The third-order valence-electron chi connectivity index (χ3n) is 2.91. The van der Waals surface area contributed by atoms with E-state index >= 15 is 0 Å². The molecule has 0 atom stereocenters. The molecule has 3 aromatic rings. The van der Waals surface area contributed by atoms with Crippen LogP contribution in [0.25, 0.3) is 22.8 Å². The molecule has 1 amide bonds. The van der Waals surface area contributed by atoms with E-state index in [0.717, 1.165) is 16.8 Å². The maximum atomic E-state index is 11.0. The van der Waals surface area contributed by atoms with Crippen LogP contribution >= 0.6 is 0 Å². The maximum absolute atomic E-state index is 11.0. The van der Waals surface area contributed by atoms with Crippen LogP contribution in [0.5, 0.6) is 0 Å². The van der Waals surface area contributed by atoms with Crippen LogP contribution in [0.1, 0.15) is 6.92 Å². The summed E-state index contributed by atoms with van der Waals surface area (Å²) >= 11 is 0. The predicted octanol–water partition coefficient (Wildman–Crippen LogP) is 3.36. The van der Waals surface area contributed by atoms with Crippen molar-refractivity contribution in [1.82, 2.24) is 10.1 Å². The number of carbonyl (C=O) groups excluding carboxylic acids is 1. The summed E-state index contributed by atoms with van der Waals surface area (Å²) in [6.07, 6.45) is 0. The Balaban J connectivity index is 1.85. The first-order valence-corrected chi connectivity index (χ1v) is 6.49. The Morgan fingerprint density at radius 3 is 2.38 bits per heavy atom. The van der Waals surface area contributed by atoms with Crippen LogP contribution in [0.3, 0.4) is 0 Å². The van der Waals surface area contributed by atoms with Gasteiger partial charge in [0.25, 0.3) is 5.89 Å². The monoisotopic (exact) mass is 279 g/mol. The molecule has 1 heterocycles. The highest BCUT2D eigenvalue weighted by Crippen LogP contribution is 2.23. The molecule has 0 aliphatic rings. The highest BCUT2D eigenvalue weighted by Gasteiger charge is 2.10. The molecule has 5 nitrogen and oxygen atoms in total. The van der Waals surface area contributed by atoms with Gasteiger partial charge in [0.15, 0.2) is 0 Å². The highest BCUT2D eigenvalue weighted by atomic mass is 16.5. The zero-order chi connectivity index (χ0) is 14.7. The summed E-state index contributed by atoms with van der Waals surface area (Å²) < 4.78 is 5.28. The lowest BCUT2D eigenvalue weighted by Crippen LogP contribution is -2.05. The molecule has 1 N–H and O–H groups in total. The fourth-order valence-electron chi connectivity index (χ4n) is 1.94. The zero-order valence-corrected chi connectivity index (χ0v) is 11.4. The molecule has 0 saturated carbocycles. The van der Waals surface area contributed by atoms with E-state index < -0.39 is 0 Å². The molecule has 104 valence electrons. The lowest BCUT2D eigenvalue weighted by molar-refractivity contribution is -0.114. The second-order valence-corrected chi connectivity index (χ2v) is 4.55. The lowest BCUT2D eigenvalue weighted by Gasteiger charge is -2.01. The average molecular weight is 279 g/mol. The van der Waals surface area contributed by atoms with E-state index in [-0.39, 0.29) is 5.91 Å². The van der Waals surface area contributed by atoms with E-state index in [0.29, 0.717) is 11.7 Å². The van der Waals surface area contributed by atoms with E-state index in [1.807, 2.05) is 42.5 Å². The van der Waals surface area contributed by atoms with Crippen LogP contribution in [0.15, 0.2) is 59.1 Å². The topological polar surface area (TPSA) is 68.0 Å². The minimum atomic E-state index is -0.105. The predicted molar refractivity (Wildman–Crippen MR) is 79.5 cm³/mol. The van der Waals surface area contributed by atoms with Crippen molar-refractivity contribution >= 4 is 11.6 Å². The molecule has 0 aliphatic carbocycles. The van der Waals surface area contributed by atoms with Crippen LogP contribution < -0.4 is 5.32 Å². The summed E-state index contributed by atoms with van der Waals surface area (Å²) in [5.74, 6) is 0.895. The third kappa shape index (κ3) is 2.97. The Hall–Kier alpha value is -2.95. The second-order valence-electron chi connectivity index (χ2n) is 4.55. The van der Waals surface area contributed by atoms with Crippen molar-refractivity contribution in [2.24, 2.45) is 0 Å². The largest absolute Gasteiger partial charge is 0.334 e. The number of hydrogen-bond acceptors (Lipinski definition) is 4. The number of aromatic nitrogens is 2. The number of amides is 1. The Labute approximate surface area is 121 Å². The zero-order valence-electron chi connectivity index (χ0n) is 11.4. The van der Waals surface area contributed by atoms with Gasteiger partial charge in [-0.2, -0.15) is 4.98 Å². The van der Waals surface area contributed by atoms with Gasteiger partial charge >= 0.3 is 0 Å². The van der Waals surface area contributed by atoms with Gasteiger partial charge in [-0.05, 0) is 24.3 Å². The molecule has 0 fully saturated rings. The minimum absolute atomic E-state index is 0.105. The van der Waals surface area contributed by atoms with Gasteiger partial charge in [0.05, 0.1) is 0 Å². The van der Waals surface area contributed by atoms with Crippen molar-refractivity contribution in [2.45, 2.75) is 6.92 Å². The molecule has 2 aromatic carbocycles. The molecule has 1 aromatic heterocycles. The van der Waals surface area contributed by atoms with Gasteiger partial charge in [-0.25, -0.2) is 0 Å². The molecular weight excluding hydrogens is 266 g/mol. The summed E-state index contributed by atoms with van der Waals surface area (Å²) in [6.45, 7) is 1.47. The van der Waals surface area contributed by atoms with E-state index in [1.54, 1.807) is 12.1 Å². The SMILES string of the molecule is CC(=O)Nc1ccc(-c2nc(-c3ccccc3)no2)cc1. The molecule has 0 aliphatic heterocycles. The fraction of sp³-hybridized carbons (Fsp3) is 0.0625. The number of benzene rings is 2. The number of nitrogens with one attached hydrogen (secondary N) is 1. The Morgan fingerprint density at radius 2 is 1.71 bits per heavy atom. The Morgan fingerprint density at radius 1 is 1.00 bits per heavy atom. The first-order valence-electron chi connectivity index (χ1n) is 6.49. The van der Waals surface area contributed by atoms with Crippen LogP contribution in [0, 0.1) is 0 Å². The first-order chi connectivity index (χ1) is 10.2. The van der Waals surface area contributed by atoms with Gasteiger partial charge in [0.1, 0.15) is 0 Å². The lowest BCUT2D eigenvalue weighted by atomic mass is 10.2. The van der Waals surface area contributed by atoms with Crippen molar-refractivity contribution in [3.63, 3.8) is 0 Å². The standard InChI is InChI=1S/C16H13N3O2/c1-11(20)17-14-9-7-13(8-10-14)16-18-15(19-21-16)12-5-3-2-4-6-12/h2-10H,1H3,(H,17,20). The smallest absolute Gasteiger partial charge is 0.258 e. The molecular formula is C16H13N3O2. The fourth-order valence-corrected chi connectivity index (χ4v) is 1.94. The maximum Gasteiger partial charge on any atom is 0.258 e. The van der Waals surface area contributed by atoms with Crippen molar-refractivity contribution in [3.05, 3.63) is 54.6 Å². The summed E-state index contributed by atoms with van der Waals surface area (Å²) in [5.41, 5.74) is 2.44. The van der Waals surface area contributed by atoms with Gasteiger partial charge in [-0.15, -0.1) is 0 Å². The Bertz CT molecular complexity index is 749. The number of rotatable bonds is 3. The van der Waals surface area contributed by atoms with Gasteiger partial charge in [0, 0.05) is 23.7 Å². The van der Waals surface area contributed by atoms with Crippen LogP contribution in [0.2, 0.25) is 0 Å². The average Bonchev–Trinajstić information content (AvgIpc) is 2.98. The first kappa shape index (κ1) is 13.1. The van der Waals surface area contributed by atoms with Gasteiger partial charge in [-0.1, -0.05) is 35.5 Å². The van der Waals surface area contributed by atoms with E-state index in [4.69, 9.17) is 4.52 Å². The normalized spacial score (nSPS) is 10.3.